The summed E-state index contributed by atoms with van der Waals surface area (Å²) in [5, 5.41) is 3.20. The van der Waals surface area contributed by atoms with Gasteiger partial charge in [0.1, 0.15) is 0 Å². The topological polar surface area (TPSA) is 29.1 Å². The first-order chi connectivity index (χ1) is 6.86. The molecule has 0 amide bonds. The van der Waals surface area contributed by atoms with Crippen LogP contribution in [0.15, 0.2) is 35.9 Å². The average molecular weight is 187 g/mol. The minimum absolute atomic E-state index is 0.271. The largest absolute Gasteiger partial charge is 0.312 e. The van der Waals surface area contributed by atoms with Crippen LogP contribution in [0, 0.1) is 0 Å². The van der Waals surface area contributed by atoms with E-state index in [1.54, 1.807) is 0 Å². The van der Waals surface area contributed by atoms with E-state index in [1.165, 1.54) is 0 Å². The Kier molecular flexibility index (Phi) is 2.75. The molecule has 2 nitrogen and oxygen atoms in total. The molecule has 1 fully saturated rings. The number of hydrogen-bond donors (Lipinski definition) is 1. The Labute approximate surface area is 83.6 Å². The summed E-state index contributed by atoms with van der Waals surface area (Å²) in [6.45, 7) is 1.51. The molecule has 0 aliphatic carbocycles. The average Bonchev–Trinajstić information content (AvgIpc) is 2.23. The highest BCUT2D eigenvalue weighted by molar-refractivity contribution is 6.00. The molecule has 1 N–H and O–H groups in total. The van der Waals surface area contributed by atoms with Gasteiger partial charge in [-0.2, -0.15) is 0 Å². The Hall–Kier alpha value is -1.41. The lowest BCUT2D eigenvalue weighted by Crippen LogP contribution is -2.30. The maximum Gasteiger partial charge on any atom is 0.161 e. The fraction of sp³-hybridized carbons (Fsp3) is 0.250. The van der Waals surface area contributed by atoms with E-state index >= 15 is 0 Å². The van der Waals surface area contributed by atoms with Crippen molar-refractivity contribution < 1.29 is 4.79 Å². The maximum absolute atomic E-state index is 11.5. The molecule has 0 bridgehead atoms. The highest BCUT2D eigenvalue weighted by Gasteiger charge is 2.13. The molecule has 1 saturated heterocycles. The van der Waals surface area contributed by atoms with Crippen molar-refractivity contribution in [2.75, 3.05) is 13.1 Å². The van der Waals surface area contributed by atoms with Crippen LogP contribution < -0.4 is 5.32 Å². The summed E-state index contributed by atoms with van der Waals surface area (Å²) in [5.74, 6) is 0.271. The smallest absolute Gasteiger partial charge is 0.161 e. The van der Waals surface area contributed by atoms with E-state index in [4.69, 9.17) is 0 Å². The summed E-state index contributed by atoms with van der Waals surface area (Å²) in [6, 6.07) is 9.95. The van der Waals surface area contributed by atoms with Gasteiger partial charge in [-0.3, -0.25) is 4.79 Å². The van der Waals surface area contributed by atoms with Crippen LogP contribution in [0.4, 0.5) is 0 Å². The number of carbonyl (C=O) groups is 1. The van der Waals surface area contributed by atoms with Gasteiger partial charge in [-0.05, 0) is 11.6 Å². The molecule has 0 saturated carbocycles. The van der Waals surface area contributed by atoms with Crippen molar-refractivity contribution in [2.45, 2.75) is 6.42 Å². The Morgan fingerprint density at radius 2 is 2.00 bits per heavy atom. The van der Waals surface area contributed by atoms with Gasteiger partial charge in [0.15, 0.2) is 5.78 Å². The van der Waals surface area contributed by atoms with Crippen LogP contribution in [0.1, 0.15) is 12.0 Å². The van der Waals surface area contributed by atoms with E-state index in [0.29, 0.717) is 13.0 Å². The predicted molar refractivity (Wildman–Crippen MR) is 56.9 cm³/mol. The zero-order valence-electron chi connectivity index (χ0n) is 7.99. The predicted octanol–water partition coefficient (Wildman–Crippen LogP) is 1.63. The third-order valence-corrected chi connectivity index (χ3v) is 2.34. The molecule has 1 aliphatic rings. The van der Waals surface area contributed by atoms with Crippen molar-refractivity contribution in [3.05, 3.63) is 41.5 Å². The third kappa shape index (κ3) is 2.09. The second-order valence-corrected chi connectivity index (χ2v) is 3.43. The molecule has 1 aliphatic heterocycles. The van der Waals surface area contributed by atoms with Crippen LogP contribution in [0.2, 0.25) is 0 Å². The minimum Gasteiger partial charge on any atom is -0.312 e. The molecule has 0 aromatic heterocycles. The molecule has 14 heavy (non-hydrogen) atoms. The summed E-state index contributed by atoms with van der Waals surface area (Å²) < 4.78 is 0. The monoisotopic (exact) mass is 187 g/mol. The lowest BCUT2D eigenvalue weighted by molar-refractivity contribution is -0.116. The minimum atomic E-state index is 0.271. The Morgan fingerprint density at radius 1 is 1.21 bits per heavy atom. The molecule has 1 heterocycles. The quantitative estimate of drug-likeness (QED) is 0.677. The molecule has 0 atom stereocenters. The third-order valence-electron chi connectivity index (χ3n) is 2.34. The van der Waals surface area contributed by atoms with Crippen molar-refractivity contribution in [3.8, 4) is 0 Å². The van der Waals surface area contributed by atoms with Crippen molar-refractivity contribution >= 4 is 11.9 Å². The first-order valence-electron chi connectivity index (χ1n) is 4.86. The maximum atomic E-state index is 11.5. The fourth-order valence-electron chi connectivity index (χ4n) is 1.57. The molecule has 0 unspecified atom stereocenters. The first kappa shape index (κ1) is 9.16. The molecule has 2 heteroatoms. The van der Waals surface area contributed by atoms with E-state index < -0.39 is 0 Å². The highest BCUT2D eigenvalue weighted by Crippen LogP contribution is 2.10. The van der Waals surface area contributed by atoms with Gasteiger partial charge < -0.3 is 5.32 Å². The van der Waals surface area contributed by atoms with E-state index in [1.807, 2.05) is 36.4 Å². The fourth-order valence-corrected chi connectivity index (χ4v) is 1.57. The normalized spacial score (nSPS) is 20.0. The molecule has 0 spiro atoms. The van der Waals surface area contributed by atoms with Gasteiger partial charge in [0.25, 0.3) is 0 Å². The molecule has 2 rings (SSSR count). The van der Waals surface area contributed by atoms with E-state index in [9.17, 15) is 4.79 Å². The standard InChI is InChI=1S/C12H13NO/c14-12-6-7-13-9-11(12)8-10-4-2-1-3-5-10/h1-5,8,13H,6-7,9H2/b11-8+. The molecule has 0 radical (unpaired) electrons. The second-order valence-electron chi connectivity index (χ2n) is 3.43. The van der Waals surface area contributed by atoms with Gasteiger partial charge in [-0.1, -0.05) is 30.3 Å². The van der Waals surface area contributed by atoms with E-state index in [0.717, 1.165) is 17.7 Å². The number of ketones is 1. The number of benzene rings is 1. The molecular formula is C12H13NO. The Bertz CT molecular complexity index is 354. The lowest BCUT2D eigenvalue weighted by Gasteiger charge is -2.13. The number of carbonyl (C=O) groups excluding carboxylic acids is 1. The molecular weight excluding hydrogens is 174 g/mol. The van der Waals surface area contributed by atoms with Gasteiger partial charge in [0.05, 0.1) is 0 Å². The zero-order chi connectivity index (χ0) is 9.80. The van der Waals surface area contributed by atoms with Crippen LogP contribution in [-0.4, -0.2) is 18.9 Å². The second kappa shape index (κ2) is 4.20. The van der Waals surface area contributed by atoms with Crippen molar-refractivity contribution in [1.82, 2.24) is 5.32 Å². The van der Waals surface area contributed by atoms with E-state index in [-0.39, 0.29) is 5.78 Å². The number of nitrogens with one attached hydrogen (secondary N) is 1. The number of hydrogen-bond acceptors (Lipinski definition) is 2. The summed E-state index contributed by atoms with van der Waals surface area (Å²) in [7, 11) is 0. The number of piperidine rings is 1. The van der Waals surface area contributed by atoms with Crippen LogP contribution >= 0.6 is 0 Å². The van der Waals surface area contributed by atoms with Crippen molar-refractivity contribution in [2.24, 2.45) is 0 Å². The van der Waals surface area contributed by atoms with Crippen molar-refractivity contribution in [1.29, 1.82) is 0 Å². The van der Waals surface area contributed by atoms with Gasteiger partial charge in [-0.15, -0.1) is 0 Å². The molecule has 1 aromatic rings. The van der Waals surface area contributed by atoms with Gasteiger partial charge in [-0.25, -0.2) is 0 Å². The zero-order valence-corrected chi connectivity index (χ0v) is 7.99. The highest BCUT2D eigenvalue weighted by atomic mass is 16.1. The molecule has 1 aromatic carbocycles. The summed E-state index contributed by atoms with van der Waals surface area (Å²) >= 11 is 0. The lowest BCUT2D eigenvalue weighted by atomic mass is 10.0. The van der Waals surface area contributed by atoms with Crippen molar-refractivity contribution in [3.63, 3.8) is 0 Å². The summed E-state index contributed by atoms with van der Waals surface area (Å²) in [6.07, 6.45) is 2.59. The number of rotatable bonds is 1. The Balaban J connectivity index is 2.21. The van der Waals surface area contributed by atoms with Crippen LogP contribution in [0.25, 0.3) is 6.08 Å². The van der Waals surface area contributed by atoms with Gasteiger partial charge in [0, 0.05) is 25.1 Å². The molecule has 72 valence electrons. The Morgan fingerprint density at radius 3 is 2.71 bits per heavy atom. The number of Topliss-reactive ketones (excluding diaryl/α,β-unsaturated/α-hetero) is 1. The van der Waals surface area contributed by atoms with Crippen LogP contribution in [-0.2, 0) is 4.79 Å². The van der Waals surface area contributed by atoms with Crippen LogP contribution in [0.5, 0.6) is 0 Å². The van der Waals surface area contributed by atoms with Crippen LogP contribution in [0.3, 0.4) is 0 Å². The van der Waals surface area contributed by atoms with Gasteiger partial charge >= 0.3 is 0 Å². The van der Waals surface area contributed by atoms with Gasteiger partial charge in [0.2, 0.25) is 0 Å². The summed E-state index contributed by atoms with van der Waals surface area (Å²) in [5.41, 5.74) is 1.99. The summed E-state index contributed by atoms with van der Waals surface area (Å²) in [4.78, 5) is 11.5. The first-order valence-corrected chi connectivity index (χ1v) is 4.86. The van der Waals surface area contributed by atoms with E-state index in [2.05, 4.69) is 5.32 Å². The SMILES string of the molecule is O=C1CCNC/C1=C\c1ccccc1.